The third kappa shape index (κ3) is 6.00. The van der Waals surface area contributed by atoms with Crippen molar-refractivity contribution in [1.82, 2.24) is 25.3 Å². The summed E-state index contributed by atoms with van der Waals surface area (Å²) in [6.07, 6.45) is 8.04. The Labute approximate surface area is 242 Å². The summed E-state index contributed by atoms with van der Waals surface area (Å²) in [4.78, 5) is 20.5. The van der Waals surface area contributed by atoms with Crippen LogP contribution in [0.5, 0.6) is 0 Å². The second kappa shape index (κ2) is 11.5. The minimum absolute atomic E-state index is 0.00628. The molecule has 7 nitrogen and oxygen atoms in total. The normalized spacial score (nSPS) is 15.7. The molecule has 0 spiro atoms. The Balaban J connectivity index is 1.21. The van der Waals surface area contributed by atoms with Gasteiger partial charge in [-0.3, -0.25) is 0 Å². The molecule has 1 aliphatic carbocycles. The van der Waals surface area contributed by atoms with E-state index in [0.29, 0.717) is 16.2 Å². The van der Waals surface area contributed by atoms with E-state index in [4.69, 9.17) is 33.8 Å². The third-order valence-corrected chi connectivity index (χ3v) is 8.70. The van der Waals surface area contributed by atoms with Crippen molar-refractivity contribution in [1.29, 1.82) is 0 Å². The van der Waals surface area contributed by atoms with Crippen molar-refractivity contribution in [2.24, 2.45) is 0 Å². The second-order valence-electron chi connectivity index (χ2n) is 9.95. The van der Waals surface area contributed by atoms with Crippen LogP contribution < -0.4 is 15.5 Å². The first-order valence-electron chi connectivity index (χ1n) is 13.0. The van der Waals surface area contributed by atoms with E-state index in [1.165, 1.54) is 41.3 Å². The first-order valence-corrected chi connectivity index (χ1v) is 14.6. The smallest absolute Gasteiger partial charge is 0.232 e. The van der Waals surface area contributed by atoms with E-state index in [9.17, 15) is 0 Å². The molecule has 6 rings (SSSR count). The van der Waals surface area contributed by atoms with Gasteiger partial charge in [0.2, 0.25) is 5.95 Å². The van der Waals surface area contributed by atoms with Gasteiger partial charge in [-0.05, 0) is 71.7 Å². The molecule has 3 heterocycles. The van der Waals surface area contributed by atoms with Crippen LogP contribution in [0.3, 0.4) is 0 Å². The van der Waals surface area contributed by atoms with E-state index in [2.05, 4.69) is 61.9 Å². The Morgan fingerprint density at radius 2 is 1.69 bits per heavy atom. The highest BCUT2D eigenvalue weighted by Gasteiger charge is 2.35. The van der Waals surface area contributed by atoms with Crippen LogP contribution >= 0.6 is 35.6 Å². The molecule has 4 aromatic rings. The van der Waals surface area contributed by atoms with E-state index in [1.54, 1.807) is 18.5 Å². The van der Waals surface area contributed by atoms with Gasteiger partial charge in [0.1, 0.15) is 10.8 Å². The minimum Gasteiger partial charge on any atom is -0.361 e. The van der Waals surface area contributed by atoms with Gasteiger partial charge in [-0.25, -0.2) is 15.0 Å². The summed E-state index contributed by atoms with van der Waals surface area (Å²) in [5.74, 6) is 1.28. The maximum Gasteiger partial charge on any atom is 0.232 e. The zero-order valence-corrected chi connectivity index (χ0v) is 23.7. The molecule has 0 amide bonds. The molecule has 0 bridgehead atoms. The van der Waals surface area contributed by atoms with Crippen LogP contribution in [0.15, 0.2) is 83.2 Å². The van der Waals surface area contributed by atoms with Crippen molar-refractivity contribution >= 4 is 52.5 Å². The quantitative estimate of drug-likeness (QED) is 0.148. The van der Waals surface area contributed by atoms with Gasteiger partial charge in [0, 0.05) is 48.5 Å². The summed E-state index contributed by atoms with van der Waals surface area (Å²) < 4.78 is 0. The van der Waals surface area contributed by atoms with E-state index in [0.717, 1.165) is 48.3 Å². The van der Waals surface area contributed by atoms with E-state index >= 15 is 0 Å². The van der Waals surface area contributed by atoms with Crippen molar-refractivity contribution in [3.05, 3.63) is 94.8 Å². The number of hydrogen-bond acceptors (Lipinski definition) is 7. The van der Waals surface area contributed by atoms with E-state index in [-0.39, 0.29) is 5.41 Å². The number of hydrogen-bond donors (Lipinski definition) is 2. The topological polar surface area (TPSA) is 78.9 Å². The Hall–Kier alpha value is -3.27. The summed E-state index contributed by atoms with van der Waals surface area (Å²) in [6, 6.07) is 20.5. The van der Waals surface area contributed by atoms with Gasteiger partial charge >= 0.3 is 0 Å². The fourth-order valence-corrected chi connectivity index (χ4v) is 6.51. The number of rotatable bonds is 7. The summed E-state index contributed by atoms with van der Waals surface area (Å²) in [5.41, 5.74) is 3.89. The molecule has 2 N–H and O–H groups in total. The Kier molecular flexibility index (Phi) is 7.63. The van der Waals surface area contributed by atoms with Gasteiger partial charge < -0.3 is 15.5 Å². The van der Waals surface area contributed by atoms with Crippen LogP contribution in [0, 0.1) is 0 Å². The lowest BCUT2D eigenvalue weighted by Gasteiger charge is -2.30. The minimum atomic E-state index is 0.00628. The molecule has 39 heavy (non-hydrogen) atoms. The van der Waals surface area contributed by atoms with E-state index in [1.807, 2.05) is 18.2 Å². The van der Waals surface area contributed by atoms with Gasteiger partial charge in [0.25, 0.3) is 0 Å². The lowest BCUT2D eigenvalue weighted by molar-refractivity contribution is 0.435. The van der Waals surface area contributed by atoms with Crippen LogP contribution in [0.1, 0.15) is 42.4 Å². The maximum atomic E-state index is 6.34. The van der Waals surface area contributed by atoms with Crippen molar-refractivity contribution in [3.63, 3.8) is 0 Å². The van der Waals surface area contributed by atoms with Gasteiger partial charge in [0.15, 0.2) is 10.3 Å². The molecule has 0 atom stereocenters. The number of nitrogens with zero attached hydrogens (tertiary/aromatic N) is 5. The number of halogens is 1. The fourth-order valence-electron chi connectivity index (χ4n) is 5.44. The summed E-state index contributed by atoms with van der Waals surface area (Å²) in [5, 5.41) is 9.34. The van der Waals surface area contributed by atoms with Crippen LogP contribution in [-0.2, 0) is 18.5 Å². The second-order valence-corrected chi connectivity index (χ2v) is 11.8. The molecule has 10 heteroatoms. The number of benzene rings is 2. The van der Waals surface area contributed by atoms with Gasteiger partial charge in [-0.15, -0.1) is 0 Å². The SMILES string of the molecule is S=C(NCC1(c2cccc(Cl)c2)CCCC1)Nc1nc(Sc2ncccn2)cc(N2Cc3ccccc3C2)n1. The van der Waals surface area contributed by atoms with Crippen molar-refractivity contribution < 1.29 is 0 Å². The first kappa shape index (κ1) is 26.0. The fraction of sp³-hybridized carbons (Fsp3) is 0.276. The maximum absolute atomic E-state index is 6.34. The molecule has 198 valence electrons. The molecule has 0 radical (unpaired) electrons. The number of thiocarbonyl (C=S) groups is 1. The van der Waals surface area contributed by atoms with Crippen molar-refractivity contribution in [2.45, 2.75) is 54.4 Å². The lowest BCUT2D eigenvalue weighted by Crippen LogP contribution is -2.41. The number of fused-ring (bicyclic) bond motifs is 1. The molecule has 1 fully saturated rings. The number of anilines is 2. The van der Waals surface area contributed by atoms with Crippen LogP contribution in [0.2, 0.25) is 5.02 Å². The molecule has 0 unspecified atom stereocenters. The largest absolute Gasteiger partial charge is 0.361 e. The highest BCUT2D eigenvalue weighted by atomic mass is 35.5. The standard InChI is InChI=1S/C29H28ClN7S2/c30-23-10-5-9-22(15-23)29(11-3-4-12-29)19-33-27(38)36-26-34-24(37-17-20-7-1-2-8-21(20)18-37)16-25(35-26)39-28-31-13-6-14-32-28/h1-2,5-10,13-16H,3-4,11-12,17-19H2,(H2,33,34,35,36,38). The third-order valence-electron chi connectivity index (χ3n) is 7.40. The first-order chi connectivity index (χ1) is 19.1. The number of aromatic nitrogens is 4. The average Bonchev–Trinajstić information content (AvgIpc) is 3.61. The van der Waals surface area contributed by atoms with Gasteiger partial charge in [-0.1, -0.05) is 60.8 Å². The van der Waals surface area contributed by atoms with Crippen molar-refractivity contribution in [3.8, 4) is 0 Å². The molecule has 0 saturated heterocycles. The monoisotopic (exact) mass is 573 g/mol. The molecule has 1 aliphatic heterocycles. The Morgan fingerprint density at radius 1 is 0.949 bits per heavy atom. The van der Waals surface area contributed by atoms with Crippen LogP contribution in [-0.4, -0.2) is 31.6 Å². The Morgan fingerprint density at radius 3 is 2.41 bits per heavy atom. The zero-order valence-electron chi connectivity index (χ0n) is 21.3. The lowest BCUT2D eigenvalue weighted by atomic mass is 9.79. The molecular weight excluding hydrogens is 546 g/mol. The van der Waals surface area contributed by atoms with Crippen molar-refractivity contribution in [2.75, 3.05) is 16.8 Å². The summed E-state index contributed by atoms with van der Waals surface area (Å²) in [7, 11) is 0. The molecule has 2 aromatic heterocycles. The van der Waals surface area contributed by atoms with Gasteiger partial charge in [-0.2, -0.15) is 4.98 Å². The number of nitrogens with one attached hydrogen (secondary N) is 2. The van der Waals surface area contributed by atoms with Gasteiger partial charge in [0.05, 0.1) is 0 Å². The molecule has 2 aliphatic rings. The average molecular weight is 574 g/mol. The summed E-state index contributed by atoms with van der Waals surface area (Å²) >= 11 is 13.5. The zero-order chi connectivity index (χ0) is 26.7. The predicted molar refractivity (Wildman–Crippen MR) is 160 cm³/mol. The van der Waals surface area contributed by atoms with Crippen LogP contribution in [0.25, 0.3) is 0 Å². The van der Waals surface area contributed by atoms with E-state index < -0.39 is 0 Å². The highest BCUT2D eigenvalue weighted by Crippen LogP contribution is 2.41. The molecule has 1 saturated carbocycles. The highest BCUT2D eigenvalue weighted by molar-refractivity contribution is 7.99. The predicted octanol–water partition coefficient (Wildman–Crippen LogP) is 6.39. The Bertz CT molecular complexity index is 1450. The molecule has 2 aromatic carbocycles. The summed E-state index contributed by atoms with van der Waals surface area (Å²) in [6.45, 7) is 2.31. The molecular formula is C29H28ClN7S2. The van der Waals surface area contributed by atoms with Crippen LogP contribution in [0.4, 0.5) is 11.8 Å².